The summed E-state index contributed by atoms with van der Waals surface area (Å²) >= 11 is 0. The molecule has 114 valence electrons. The van der Waals surface area contributed by atoms with Crippen molar-refractivity contribution in [1.29, 1.82) is 0 Å². The predicted octanol–water partition coefficient (Wildman–Crippen LogP) is 4.77. The first-order valence-electron chi connectivity index (χ1n) is 7.95. The van der Waals surface area contributed by atoms with Gasteiger partial charge in [-0.05, 0) is 36.1 Å². The molecule has 3 heteroatoms. The van der Waals surface area contributed by atoms with Crippen molar-refractivity contribution in [1.82, 2.24) is 5.32 Å². The monoisotopic (exact) mass is 295 g/mol. The fourth-order valence-electron chi connectivity index (χ4n) is 2.92. The van der Waals surface area contributed by atoms with Gasteiger partial charge in [0.2, 0.25) is 0 Å². The normalized spacial score (nSPS) is 15.3. The third kappa shape index (κ3) is 3.88. The van der Waals surface area contributed by atoms with Crippen molar-refractivity contribution >= 4 is 6.09 Å². The molecular weight excluding hydrogens is 274 g/mol. The Labute approximate surface area is 131 Å². The van der Waals surface area contributed by atoms with E-state index in [1.54, 1.807) is 0 Å². The minimum atomic E-state index is -0.350. The number of hydrogen-bond donors (Lipinski definition) is 1. The van der Waals surface area contributed by atoms with E-state index in [0.717, 1.165) is 24.0 Å². The van der Waals surface area contributed by atoms with Crippen LogP contribution in [0.3, 0.4) is 0 Å². The Hall–Kier alpha value is -2.29. The van der Waals surface area contributed by atoms with Crippen molar-refractivity contribution < 1.29 is 9.53 Å². The molecule has 0 unspecified atom stereocenters. The predicted molar refractivity (Wildman–Crippen MR) is 87.9 cm³/mol. The van der Waals surface area contributed by atoms with Gasteiger partial charge in [-0.15, -0.1) is 0 Å². The Morgan fingerprint density at radius 3 is 2.41 bits per heavy atom. The first-order chi connectivity index (χ1) is 10.8. The summed E-state index contributed by atoms with van der Waals surface area (Å²) < 4.78 is 5.43. The molecule has 0 spiro atoms. The molecule has 2 aromatic carbocycles. The number of benzene rings is 2. The van der Waals surface area contributed by atoms with Gasteiger partial charge < -0.3 is 10.1 Å². The molecule has 22 heavy (non-hydrogen) atoms. The topological polar surface area (TPSA) is 38.3 Å². The van der Waals surface area contributed by atoms with E-state index in [-0.39, 0.29) is 12.1 Å². The summed E-state index contributed by atoms with van der Waals surface area (Å²) in [5.41, 5.74) is 2.16. The number of ether oxygens (including phenoxy) is 1. The smallest absolute Gasteiger partial charge is 0.410 e. The van der Waals surface area contributed by atoms with Crippen molar-refractivity contribution in [3.63, 3.8) is 0 Å². The summed E-state index contributed by atoms with van der Waals surface area (Å²) in [6.07, 6.45) is 5.41. The van der Waals surface area contributed by atoms with Crippen molar-refractivity contribution in [2.45, 2.75) is 38.1 Å². The lowest BCUT2D eigenvalue weighted by Gasteiger charge is -2.22. The van der Waals surface area contributed by atoms with Crippen LogP contribution in [0.5, 0.6) is 5.75 Å². The molecule has 0 atom stereocenters. The third-order valence-electron chi connectivity index (χ3n) is 4.08. The largest absolute Gasteiger partial charge is 0.412 e. The van der Waals surface area contributed by atoms with Crippen molar-refractivity contribution in [3.8, 4) is 16.9 Å². The van der Waals surface area contributed by atoms with Crippen LogP contribution in [-0.2, 0) is 0 Å². The Bertz CT molecular complexity index is 618. The van der Waals surface area contributed by atoms with E-state index in [9.17, 15) is 4.79 Å². The zero-order chi connectivity index (χ0) is 15.2. The Morgan fingerprint density at radius 2 is 1.64 bits per heavy atom. The molecule has 1 fully saturated rings. The second-order valence-electron chi connectivity index (χ2n) is 5.76. The molecule has 1 aliphatic rings. The fourth-order valence-corrected chi connectivity index (χ4v) is 2.92. The van der Waals surface area contributed by atoms with E-state index in [1.807, 2.05) is 54.6 Å². The maximum atomic E-state index is 12.0. The zero-order valence-electron chi connectivity index (χ0n) is 12.6. The maximum absolute atomic E-state index is 12.0. The highest BCUT2D eigenvalue weighted by atomic mass is 16.6. The molecular formula is C19H21NO2. The summed E-state index contributed by atoms with van der Waals surface area (Å²) in [5.74, 6) is 0.578. The van der Waals surface area contributed by atoms with Crippen LogP contribution < -0.4 is 10.1 Å². The summed E-state index contributed by atoms with van der Waals surface area (Å²) in [6, 6.07) is 18.0. The molecule has 3 rings (SSSR count). The fraction of sp³-hybridized carbons (Fsp3) is 0.316. The van der Waals surface area contributed by atoms with Gasteiger partial charge in [0.25, 0.3) is 0 Å². The Morgan fingerprint density at radius 1 is 0.909 bits per heavy atom. The quantitative estimate of drug-likeness (QED) is 0.885. The van der Waals surface area contributed by atoms with Crippen LogP contribution in [0, 0.1) is 0 Å². The Balaban J connectivity index is 1.64. The molecule has 1 aliphatic carbocycles. The first-order valence-corrected chi connectivity index (χ1v) is 7.95. The number of rotatable bonds is 3. The van der Waals surface area contributed by atoms with Crippen LogP contribution in [-0.4, -0.2) is 12.1 Å². The number of nitrogens with one attached hydrogen (secondary N) is 1. The van der Waals surface area contributed by atoms with Gasteiger partial charge in [0.05, 0.1) is 0 Å². The molecule has 1 amide bonds. The van der Waals surface area contributed by atoms with Crippen LogP contribution in [0.1, 0.15) is 32.1 Å². The van der Waals surface area contributed by atoms with E-state index in [1.165, 1.54) is 19.3 Å². The summed E-state index contributed by atoms with van der Waals surface area (Å²) in [5, 5.41) is 2.97. The van der Waals surface area contributed by atoms with Crippen molar-refractivity contribution in [3.05, 3.63) is 54.6 Å². The average Bonchev–Trinajstić information content (AvgIpc) is 2.57. The van der Waals surface area contributed by atoms with Crippen molar-refractivity contribution in [2.75, 3.05) is 0 Å². The van der Waals surface area contributed by atoms with Crippen LogP contribution >= 0.6 is 0 Å². The lowest BCUT2D eigenvalue weighted by atomic mass is 9.96. The minimum absolute atomic E-state index is 0.263. The van der Waals surface area contributed by atoms with E-state index >= 15 is 0 Å². The highest BCUT2D eigenvalue weighted by Crippen LogP contribution is 2.24. The van der Waals surface area contributed by atoms with Gasteiger partial charge in [-0.3, -0.25) is 0 Å². The molecule has 1 saturated carbocycles. The second kappa shape index (κ2) is 7.12. The summed E-state index contributed by atoms with van der Waals surface area (Å²) in [4.78, 5) is 12.0. The number of carbonyl (C=O) groups is 1. The molecule has 0 aromatic heterocycles. The lowest BCUT2D eigenvalue weighted by Crippen LogP contribution is -2.37. The molecule has 1 N–H and O–H groups in total. The van der Waals surface area contributed by atoms with E-state index in [0.29, 0.717) is 5.75 Å². The van der Waals surface area contributed by atoms with Crippen LogP contribution in [0.25, 0.3) is 11.1 Å². The zero-order valence-corrected chi connectivity index (χ0v) is 12.6. The molecule has 2 aromatic rings. The van der Waals surface area contributed by atoms with Gasteiger partial charge in [0.15, 0.2) is 0 Å². The van der Waals surface area contributed by atoms with Gasteiger partial charge in [-0.2, -0.15) is 0 Å². The second-order valence-corrected chi connectivity index (χ2v) is 5.76. The first kappa shape index (κ1) is 14.6. The molecule has 0 aliphatic heterocycles. The average molecular weight is 295 g/mol. The van der Waals surface area contributed by atoms with Crippen LogP contribution in [0.15, 0.2) is 54.6 Å². The number of hydrogen-bond acceptors (Lipinski definition) is 2. The highest BCUT2D eigenvalue weighted by molar-refractivity contribution is 5.72. The van der Waals surface area contributed by atoms with E-state index < -0.39 is 0 Å². The van der Waals surface area contributed by atoms with Gasteiger partial charge >= 0.3 is 6.09 Å². The highest BCUT2D eigenvalue weighted by Gasteiger charge is 2.16. The van der Waals surface area contributed by atoms with Gasteiger partial charge in [0, 0.05) is 6.04 Å². The van der Waals surface area contributed by atoms with Crippen molar-refractivity contribution in [2.24, 2.45) is 0 Å². The maximum Gasteiger partial charge on any atom is 0.412 e. The SMILES string of the molecule is O=C(NC1CCCCC1)Oc1cccc(-c2ccccc2)c1. The van der Waals surface area contributed by atoms with Gasteiger partial charge in [-0.25, -0.2) is 4.79 Å². The summed E-state index contributed by atoms with van der Waals surface area (Å²) in [7, 11) is 0. The molecule has 0 heterocycles. The minimum Gasteiger partial charge on any atom is -0.410 e. The van der Waals surface area contributed by atoms with Crippen LogP contribution in [0.4, 0.5) is 4.79 Å². The molecule has 3 nitrogen and oxygen atoms in total. The third-order valence-corrected chi connectivity index (χ3v) is 4.08. The standard InChI is InChI=1S/C19H21NO2/c21-19(20-17-11-5-2-6-12-17)22-18-13-7-10-16(14-18)15-8-3-1-4-9-15/h1,3-4,7-10,13-14,17H,2,5-6,11-12H2,(H,20,21). The molecule has 0 radical (unpaired) electrons. The van der Waals surface area contributed by atoms with Gasteiger partial charge in [-0.1, -0.05) is 61.7 Å². The van der Waals surface area contributed by atoms with E-state index in [4.69, 9.17) is 4.74 Å². The number of carbonyl (C=O) groups excluding carboxylic acids is 1. The Kier molecular flexibility index (Phi) is 4.74. The summed E-state index contributed by atoms with van der Waals surface area (Å²) in [6.45, 7) is 0. The van der Waals surface area contributed by atoms with Gasteiger partial charge in [0.1, 0.15) is 5.75 Å². The molecule has 0 saturated heterocycles. The van der Waals surface area contributed by atoms with E-state index in [2.05, 4.69) is 5.32 Å². The lowest BCUT2D eigenvalue weighted by molar-refractivity contribution is 0.192. The van der Waals surface area contributed by atoms with Crippen LogP contribution in [0.2, 0.25) is 0 Å². The number of amides is 1. The molecule has 0 bridgehead atoms.